The largest absolute Gasteiger partial charge is 0.490 e. The summed E-state index contributed by atoms with van der Waals surface area (Å²) in [6.45, 7) is 8.20. The Morgan fingerprint density at radius 2 is 1.81 bits per heavy atom. The molecule has 8 nitrogen and oxygen atoms in total. The Balaban J connectivity index is 1.35. The van der Waals surface area contributed by atoms with Gasteiger partial charge in [0.1, 0.15) is 0 Å². The zero-order valence-corrected chi connectivity index (χ0v) is 21.1. The van der Waals surface area contributed by atoms with E-state index >= 15 is 0 Å². The Labute approximate surface area is 215 Å². The highest BCUT2D eigenvalue weighted by molar-refractivity contribution is 5.55. The SMILES string of the molecule is C=NCCOCCCCCCOc1cc(N2CCc3nc(-c4ncccn4)ncc3C2C)cc(F)c1F. The van der Waals surface area contributed by atoms with Crippen LogP contribution in [0, 0.1) is 11.6 Å². The molecule has 0 fully saturated rings. The summed E-state index contributed by atoms with van der Waals surface area (Å²) >= 11 is 0. The van der Waals surface area contributed by atoms with Gasteiger partial charge in [-0.15, -0.1) is 0 Å². The van der Waals surface area contributed by atoms with Crippen molar-refractivity contribution in [3.63, 3.8) is 0 Å². The second kappa shape index (κ2) is 13.1. The van der Waals surface area contributed by atoms with E-state index in [2.05, 4.69) is 31.6 Å². The fourth-order valence-electron chi connectivity index (χ4n) is 4.33. The Morgan fingerprint density at radius 3 is 2.59 bits per heavy atom. The molecule has 2 aromatic heterocycles. The minimum absolute atomic E-state index is 0.0684. The van der Waals surface area contributed by atoms with Gasteiger partial charge >= 0.3 is 0 Å². The summed E-state index contributed by atoms with van der Waals surface area (Å²) in [6.07, 6.45) is 9.28. The molecular formula is C27H32F2N6O2. The maximum Gasteiger partial charge on any atom is 0.200 e. The standard InChI is InChI=1S/C27H32F2N6O2/c1-19-21-18-33-27(26-31-9-7-10-32-26)34-23(21)8-12-35(19)20-16-22(28)25(29)24(17-20)37-14-6-4-3-5-13-36-15-11-30-2/h7,9-10,16-19H,2-6,8,11-15H2,1H3. The molecule has 10 heteroatoms. The highest BCUT2D eigenvalue weighted by Crippen LogP contribution is 2.36. The summed E-state index contributed by atoms with van der Waals surface area (Å²) in [5, 5.41) is 0. The smallest absolute Gasteiger partial charge is 0.200 e. The van der Waals surface area contributed by atoms with Crippen molar-refractivity contribution >= 4 is 12.4 Å². The Kier molecular flexibility index (Phi) is 9.42. The van der Waals surface area contributed by atoms with Crippen LogP contribution in [0.1, 0.15) is 49.9 Å². The van der Waals surface area contributed by atoms with Crippen molar-refractivity contribution in [3.8, 4) is 17.4 Å². The quantitative estimate of drug-likeness (QED) is 0.236. The van der Waals surface area contributed by atoms with Gasteiger partial charge in [0.15, 0.2) is 23.2 Å². The van der Waals surface area contributed by atoms with Crippen LogP contribution in [-0.4, -0.2) is 59.6 Å². The third-order valence-corrected chi connectivity index (χ3v) is 6.32. The number of rotatable bonds is 13. The van der Waals surface area contributed by atoms with E-state index in [1.54, 1.807) is 30.7 Å². The molecule has 4 rings (SSSR count). The maximum atomic E-state index is 14.5. The number of aromatic nitrogens is 4. The summed E-state index contributed by atoms with van der Waals surface area (Å²) in [5.41, 5.74) is 2.40. The molecule has 0 amide bonds. The molecule has 1 aliphatic rings. The summed E-state index contributed by atoms with van der Waals surface area (Å²) in [7, 11) is 0. The molecule has 0 saturated carbocycles. The van der Waals surface area contributed by atoms with Crippen molar-refractivity contribution in [3.05, 3.63) is 59.7 Å². The van der Waals surface area contributed by atoms with Crippen LogP contribution in [0.25, 0.3) is 11.6 Å². The summed E-state index contributed by atoms with van der Waals surface area (Å²) in [5.74, 6) is -1.02. The molecule has 0 aliphatic carbocycles. The van der Waals surface area contributed by atoms with Crippen LogP contribution in [-0.2, 0) is 11.2 Å². The van der Waals surface area contributed by atoms with Gasteiger partial charge in [-0.2, -0.15) is 4.39 Å². The van der Waals surface area contributed by atoms with Gasteiger partial charge in [0.2, 0.25) is 5.82 Å². The fourth-order valence-corrected chi connectivity index (χ4v) is 4.33. The lowest BCUT2D eigenvalue weighted by atomic mass is 9.98. The molecule has 0 spiro atoms. The predicted octanol–water partition coefficient (Wildman–Crippen LogP) is 4.99. The average Bonchev–Trinajstić information content (AvgIpc) is 2.92. The Hall–Kier alpha value is -3.53. The fraction of sp³-hybridized carbons (Fsp3) is 0.444. The first-order valence-corrected chi connectivity index (χ1v) is 12.6. The van der Waals surface area contributed by atoms with Crippen LogP contribution in [0.4, 0.5) is 14.5 Å². The van der Waals surface area contributed by atoms with Gasteiger partial charge < -0.3 is 14.4 Å². The number of unbranched alkanes of at least 4 members (excludes halogenated alkanes) is 3. The number of ether oxygens (including phenoxy) is 2. The van der Waals surface area contributed by atoms with Crippen molar-refractivity contribution in [2.45, 2.75) is 45.1 Å². The van der Waals surface area contributed by atoms with Gasteiger partial charge in [0, 0.05) is 61.5 Å². The highest BCUT2D eigenvalue weighted by atomic mass is 19.2. The third-order valence-electron chi connectivity index (χ3n) is 6.32. The summed E-state index contributed by atoms with van der Waals surface area (Å²) < 4.78 is 40.1. The van der Waals surface area contributed by atoms with Crippen LogP contribution in [0.5, 0.6) is 5.75 Å². The van der Waals surface area contributed by atoms with E-state index in [9.17, 15) is 8.78 Å². The number of anilines is 1. The second-order valence-electron chi connectivity index (χ2n) is 8.85. The lowest BCUT2D eigenvalue weighted by Gasteiger charge is -2.36. The molecule has 3 heterocycles. The molecule has 0 saturated heterocycles. The first-order valence-electron chi connectivity index (χ1n) is 12.6. The van der Waals surface area contributed by atoms with Crippen LogP contribution in [0.15, 0.2) is 41.8 Å². The average molecular weight is 511 g/mol. The molecule has 1 aromatic carbocycles. The van der Waals surface area contributed by atoms with Gasteiger partial charge in [-0.1, -0.05) is 6.42 Å². The van der Waals surface area contributed by atoms with E-state index in [0.717, 1.165) is 36.9 Å². The number of halogens is 2. The Bertz CT molecular complexity index is 1180. The third kappa shape index (κ3) is 6.82. The number of fused-ring (bicyclic) bond motifs is 1. The van der Waals surface area contributed by atoms with Crippen LogP contribution in [0.2, 0.25) is 0 Å². The van der Waals surface area contributed by atoms with E-state index in [1.807, 2.05) is 11.8 Å². The summed E-state index contributed by atoms with van der Waals surface area (Å²) in [6, 6.07) is 4.41. The van der Waals surface area contributed by atoms with E-state index in [-0.39, 0.29) is 11.8 Å². The van der Waals surface area contributed by atoms with Crippen molar-refractivity contribution in [1.29, 1.82) is 0 Å². The summed E-state index contributed by atoms with van der Waals surface area (Å²) in [4.78, 5) is 23.3. The number of aliphatic imine (C=N–C) groups is 1. The minimum atomic E-state index is -0.964. The van der Waals surface area contributed by atoms with Crippen LogP contribution < -0.4 is 9.64 Å². The van der Waals surface area contributed by atoms with Crippen molar-refractivity contribution < 1.29 is 18.3 Å². The lowest BCUT2D eigenvalue weighted by Crippen LogP contribution is -2.35. The van der Waals surface area contributed by atoms with Crippen molar-refractivity contribution in [2.24, 2.45) is 4.99 Å². The zero-order chi connectivity index (χ0) is 26.0. The number of hydrogen-bond acceptors (Lipinski definition) is 8. The molecule has 37 heavy (non-hydrogen) atoms. The van der Waals surface area contributed by atoms with Crippen molar-refractivity contribution in [2.75, 3.05) is 37.8 Å². The number of benzene rings is 1. The Morgan fingerprint density at radius 1 is 1.03 bits per heavy atom. The van der Waals surface area contributed by atoms with Gasteiger partial charge in [-0.25, -0.2) is 24.3 Å². The molecule has 0 N–H and O–H groups in total. The van der Waals surface area contributed by atoms with E-state index in [4.69, 9.17) is 9.47 Å². The molecule has 1 unspecified atom stereocenters. The molecule has 1 atom stereocenters. The molecule has 1 aliphatic heterocycles. The van der Waals surface area contributed by atoms with E-state index < -0.39 is 11.6 Å². The number of hydrogen-bond donors (Lipinski definition) is 0. The van der Waals surface area contributed by atoms with E-state index in [1.165, 1.54) is 6.07 Å². The van der Waals surface area contributed by atoms with Crippen LogP contribution in [0.3, 0.4) is 0 Å². The zero-order valence-electron chi connectivity index (χ0n) is 21.1. The van der Waals surface area contributed by atoms with E-state index in [0.29, 0.717) is 56.7 Å². The van der Waals surface area contributed by atoms with Gasteiger partial charge in [-0.3, -0.25) is 4.99 Å². The molecule has 3 aromatic rings. The van der Waals surface area contributed by atoms with Gasteiger partial charge in [0.05, 0.1) is 31.5 Å². The first kappa shape index (κ1) is 26.5. The molecular weight excluding hydrogens is 478 g/mol. The number of nitrogens with zero attached hydrogens (tertiary/aromatic N) is 6. The molecule has 0 radical (unpaired) electrons. The first-order chi connectivity index (χ1) is 18.1. The van der Waals surface area contributed by atoms with Gasteiger partial charge in [-0.05, 0) is 39.0 Å². The van der Waals surface area contributed by atoms with Crippen molar-refractivity contribution in [1.82, 2.24) is 19.9 Å². The maximum absolute atomic E-state index is 14.5. The van der Waals surface area contributed by atoms with Crippen LogP contribution >= 0.6 is 0 Å². The van der Waals surface area contributed by atoms with Gasteiger partial charge in [0.25, 0.3) is 0 Å². The molecule has 0 bridgehead atoms. The topological polar surface area (TPSA) is 85.6 Å². The lowest BCUT2D eigenvalue weighted by molar-refractivity contribution is 0.137. The monoisotopic (exact) mass is 510 g/mol. The normalized spacial score (nSPS) is 14.9. The molecule has 196 valence electrons. The highest BCUT2D eigenvalue weighted by Gasteiger charge is 2.28. The predicted molar refractivity (Wildman–Crippen MR) is 138 cm³/mol. The minimum Gasteiger partial charge on any atom is -0.490 e. The second-order valence-corrected chi connectivity index (χ2v) is 8.85.